The Morgan fingerprint density at radius 2 is 1.59 bits per heavy atom. The van der Waals surface area contributed by atoms with E-state index in [2.05, 4.69) is 50.8 Å². The lowest BCUT2D eigenvalue weighted by molar-refractivity contribution is -0.144. The summed E-state index contributed by atoms with van der Waals surface area (Å²) < 4.78 is 33.0. The third-order valence-electron chi connectivity index (χ3n) is 17.7. The second-order valence-corrected chi connectivity index (χ2v) is 29.0. The van der Waals surface area contributed by atoms with Crippen molar-refractivity contribution in [2.45, 2.75) is 131 Å². The minimum atomic E-state index is -4.28. The van der Waals surface area contributed by atoms with E-state index in [-0.39, 0.29) is 43.6 Å². The summed E-state index contributed by atoms with van der Waals surface area (Å²) in [5.41, 5.74) is 7.52. The molecule has 21 nitrogen and oxygen atoms in total. The lowest BCUT2D eigenvalue weighted by atomic mass is 9.49. The van der Waals surface area contributed by atoms with Gasteiger partial charge in [0.15, 0.2) is 16.8 Å². The van der Waals surface area contributed by atoms with Crippen LogP contribution in [0, 0.1) is 49.4 Å². The first-order valence-corrected chi connectivity index (χ1v) is 32.9. The predicted molar refractivity (Wildman–Crippen MR) is 334 cm³/mol. The number of hydrogen-bond donors (Lipinski definition) is 6. The number of pyridine rings is 1. The largest absolute Gasteiger partial charge is 0.391 e. The summed E-state index contributed by atoms with van der Waals surface area (Å²) in [4.78, 5) is 74.1. The van der Waals surface area contributed by atoms with Crippen molar-refractivity contribution in [2.75, 3.05) is 42.7 Å². The molecule has 6 N–H and O–H groups in total. The van der Waals surface area contributed by atoms with Gasteiger partial charge in [0.25, 0.3) is 5.91 Å². The molecule has 1 aliphatic heterocycles. The number of para-hydroxylation sites is 1. The highest BCUT2D eigenvalue weighted by molar-refractivity contribution is 7.90. The quantitative estimate of drug-likeness (QED) is 0.0368. The van der Waals surface area contributed by atoms with E-state index in [9.17, 15) is 32.7 Å². The number of thiazole rings is 2. The molecule has 12 rings (SSSR count). The number of rotatable bonds is 21. The van der Waals surface area contributed by atoms with E-state index in [0.717, 1.165) is 67.5 Å². The fourth-order valence-electron chi connectivity index (χ4n) is 13.6. The molecule has 4 bridgehead atoms. The molecule has 4 aliphatic carbocycles. The van der Waals surface area contributed by atoms with E-state index in [0.29, 0.717) is 33.7 Å². The summed E-state index contributed by atoms with van der Waals surface area (Å²) >= 11 is 3.06. The lowest BCUT2D eigenvalue weighted by Gasteiger charge is -2.56. The first-order chi connectivity index (χ1) is 41.0. The first-order valence-electron chi connectivity index (χ1n) is 29.6. The molecule has 24 heteroatoms. The number of aromatic nitrogens is 7. The molecule has 4 atom stereocenters. The smallest absolute Gasteiger partial charge is 0.284 e. The molecule has 0 unspecified atom stereocenters. The molecule has 454 valence electrons. The molecule has 0 spiro atoms. The average molecular weight is 1230 g/mol. The number of benzene rings is 2. The van der Waals surface area contributed by atoms with Crippen LogP contribution in [0.1, 0.15) is 118 Å². The number of fused-ring (bicyclic) bond motifs is 1. The molecule has 2 aromatic carbocycles. The Morgan fingerprint density at radius 3 is 2.27 bits per heavy atom. The van der Waals surface area contributed by atoms with Crippen molar-refractivity contribution in [1.29, 1.82) is 0 Å². The SMILES string of the molecule is Cc1cc(N(C)c2ccc(-c3cnn(CC45CC6CC(CC(C6)C4)C5)c3C)c(C(=O)NS(=O)(=O)CCNCCC(=O)N[C@H](C(=O)N3C[C@H](O)C[C@H]3C(=O)N[C@@H](C)c3ccc(-c4scnc4C)cc3)C(C)(C)C)n2)nnc1Nc1nc2ccccc2s1. The van der Waals surface area contributed by atoms with Crippen LogP contribution in [-0.2, 0) is 31.0 Å². The average Bonchev–Trinajstić information content (AvgIpc) is 1.12. The highest BCUT2D eigenvalue weighted by Gasteiger charge is 2.51. The molecule has 1 saturated heterocycles. The summed E-state index contributed by atoms with van der Waals surface area (Å²) in [5.74, 6) is 0.737. The number of aliphatic hydroxyl groups is 1. The number of sulfonamides is 1. The number of likely N-dealkylation sites (tertiary alicyclic amines) is 1. The van der Waals surface area contributed by atoms with Crippen molar-refractivity contribution in [1.82, 2.24) is 60.5 Å². The van der Waals surface area contributed by atoms with Gasteiger partial charge in [-0.15, -0.1) is 21.5 Å². The fraction of sp³-hybridized carbons (Fsp3) is 0.484. The molecule has 6 heterocycles. The Kier molecular flexibility index (Phi) is 17.2. The number of aliphatic hydroxyl groups excluding tert-OH is 1. The van der Waals surface area contributed by atoms with Gasteiger partial charge >= 0.3 is 0 Å². The van der Waals surface area contributed by atoms with Crippen LogP contribution in [0.4, 0.5) is 22.6 Å². The van der Waals surface area contributed by atoms with Crippen molar-refractivity contribution in [2.24, 2.45) is 28.6 Å². The van der Waals surface area contributed by atoms with Gasteiger partial charge in [-0.05, 0) is 142 Å². The number of hydrogen-bond acceptors (Lipinski definition) is 18. The van der Waals surface area contributed by atoms with Crippen molar-refractivity contribution < 1.29 is 32.7 Å². The Hall–Kier alpha value is -7.25. The number of anilines is 4. The van der Waals surface area contributed by atoms with Gasteiger partial charge in [0.1, 0.15) is 23.6 Å². The standard InChI is InChI=1S/C62H76N14O7S3/c1-35-23-51(71-72-56(35)70-60-67-47-11-9-10-12-49(47)85-60)74(8)50-18-17-45(46-31-65-76(38(46)4)33-62-28-39-24-40(29-62)26-41(25-39)30-62)53(68-50)58(80)73-86(82,83)22-21-63-20-19-52(78)69-55(61(5,6)7)59(81)75-32-44(77)27-48(75)57(79)66-36(2)42-13-15-43(16-14-42)54-37(3)64-34-84-54/h9-18,23,31,34,36,39-41,44,48,55,63,77H,19-22,24-30,32-33H2,1-8H3,(H,66,79)(H,69,78)(H,73,80)(H,67,70,72)/t36-,39?,40?,41?,44+,48-,55+,62?/m0/s1. The van der Waals surface area contributed by atoms with Crippen molar-refractivity contribution in [3.8, 4) is 21.6 Å². The van der Waals surface area contributed by atoms with E-state index in [1.54, 1.807) is 67.9 Å². The fourth-order valence-corrected chi connectivity index (χ4v) is 16.2. The highest BCUT2D eigenvalue weighted by atomic mass is 32.2. The van der Waals surface area contributed by atoms with Crippen LogP contribution in [0.15, 0.2) is 78.4 Å². The van der Waals surface area contributed by atoms with Crippen LogP contribution >= 0.6 is 22.7 Å². The van der Waals surface area contributed by atoms with Gasteiger partial charge in [0, 0.05) is 62.9 Å². The van der Waals surface area contributed by atoms with Crippen LogP contribution in [-0.4, -0.2) is 128 Å². The number of nitrogens with one attached hydrogen (secondary N) is 5. The Bertz CT molecular complexity index is 3730. The summed E-state index contributed by atoms with van der Waals surface area (Å²) in [6, 6.07) is 18.7. The third-order valence-corrected chi connectivity index (χ3v) is 20.9. The Balaban J connectivity index is 0.727. The molecule has 5 aromatic heterocycles. The molecule has 5 aliphatic rings. The molecule has 4 amide bonds. The minimum Gasteiger partial charge on any atom is -0.391 e. The second kappa shape index (κ2) is 24.5. The van der Waals surface area contributed by atoms with Crippen LogP contribution in [0.3, 0.4) is 0 Å². The molecular weight excluding hydrogens is 1150 g/mol. The predicted octanol–water partition coefficient (Wildman–Crippen LogP) is 8.53. The lowest BCUT2D eigenvalue weighted by Crippen LogP contribution is -2.58. The van der Waals surface area contributed by atoms with Gasteiger partial charge in [0.2, 0.25) is 27.7 Å². The van der Waals surface area contributed by atoms with Crippen molar-refractivity contribution >= 4 is 89.1 Å². The zero-order valence-electron chi connectivity index (χ0n) is 49.9. The molecular formula is C62H76N14O7S3. The van der Waals surface area contributed by atoms with Gasteiger partial charge in [-0.1, -0.05) is 68.5 Å². The minimum absolute atomic E-state index is 0.0384. The maximum atomic E-state index is 14.5. The van der Waals surface area contributed by atoms with E-state index >= 15 is 0 Å². The zero-order valence-corrected chi connectivity index (χ0v) is 52.3. The first kappa shape index (κ1) is 60.4. The van der Waals surface area contributed by atoms with Gasteiger partial charge in [-0.3, -0.25) is 23.9 Å². The van der Waals surface area contributed by atoms with E-state index < -0.39 is 69.0 Å². The van der Waals surface area contributed by atoms with Crippen LogP contribution in [0.5, 0.6) is 0 Å². The van der Waals surface area contributed by atoms with Crippen molar-refractivity contribution in [3.05, 3.63) is 107 Å². The van der Waals surface area contributed by atoms with Gasteiger partial charge in [-0.25, -0.2) is 28.1 Å². The van der Waals surface area contributed by atoms with Crippen LogP contribution in [0.2, 0.25) is 0 Å². The summed E-state index contributed by atoms with van der Waals surface area (Å²) in [6.07, 6.45) is 8.30. The maximum absolute atomic E-state index is 14.5. The van der Waals surface area contributed by atoms with Crippen molar-refractivity contribution in [3.63, 3.8) is 0 Å². The number of carbonyl (C=O) groups excluding carboxylic acids is 4. The summed E-state index contributed by atoms with van der Waals surface area (Å²) in [7, 11) is -2.53. The molecule has 86 heavy (non-hydrogen) atoms. The molecule has 7 aromatic rings. The Labute approximate surface area is 509 Å². The van der Waals surface area contributed by atoms with Crippen LogP contribution < -0.4 is 30.9 Å². The number of nitrogens with zero attached hydrogens (tertiary/aromatic N) is 9. The molecule has 5 fully saturated rings. The van der Waals surface area contributed by atoms with Gasteiger partial charge < -0.3 is 36.2 Å². The number of carbonyl (C=O) groups is 4. The summed E-state index contributed by atoms with van der Waals surface area (Å²) in [6.45, 7) is 13.7. The third kappa shape index (κ3) is 13.2. The molecule has 4 saturated carbocycles. The van der Waals surface area contributed by atoms with E-state index in [4.69, 9.17) is 10.1 Å². The number of aryl methyl sites for hydroxylation is 2. The summed E-state index contributed by atoms with van der Waals surface area (Å²) in [5, 5.41) is 37.5. The van der Waals surface area contributed by atoms with E-state index in [1.807, 2.05) is 82.3 Å². The van der Waals surface area contributed by atoms with Gasteiger partial charge in [0.05, 0.1) is 50.4 Å². The normalized spacial score (nSPS) is 21.5. The topological polar surface area (TPSA) is 272 Å². The van der Waals surface area contributed by atoms with E-state index in [1.165, 1.54) is 54.8 Å². The maximum Gasteiger partial charge on any atom is 0.284 e. The second-order valence-electron chi connectivity index (χ2n) is 25.3. The zero-order chi connectivity index (χ0) is 60.8. The van der Waals surface area contributed by atoms with Crippen LogP contribution in [0.25, 0.3) is 31.8 Å². The number of amides is 4. The highest BCUT2D eigenvalue weighted by Crippen LogP contribution is 2.60. The monoisotopic (exact) mass is 1220 g/mol. The number of β-amino-alcohol motifs (C(OH)–C–C–N with tert-alkyl or cyclic N) is 1. The Morgan fingerprint density at radius 1 is 0.872 bits per heavy atom. The van der Waals surface area contributed by atoms with Gasteiger partial charge in [-0.2, -0.15) is 5.10 Å². The molecule has 0 radical (unpaired) electrons.